The molecular formula is C14H14N2O5S2. The van der Waals surface area contributed by atoms with Gasteiger partial charge in [-0.1, -0.05) is 11.8 Å². The zero-order valence-electron chi connectivity index (χ0n) is 12.0. The maximum atomic E-state index is 12.3. The zero-order chi connectivity index (χ0) is 16.6. The monoisotopic (exact) mass is 354 g/mol. The predicted octanol–water partition coefficient (Wildman–Crippen LogP) is 1.88. The van der Waals surface area contributed by atoms with Gasteiger partial charge in [-0.3, -0.25) is 14.4 Å². The number of aliphatic carboxylic acids is 2. The Labute approximate surface area is 138 Å². The van der Waals surface area contributed by atoms with Crippen LogP contribution in [-0.2, 0) is 22.4 Å². The molecule has 0 unspecified atom stereocenters. The van der Waals surface area contributed by atoms with E-state index in [2.05, 4.69) is 9.97 Å². The van der Waals surface area contributed by atoms with Crippen molar-refractivity contribution in [3.05, 3.63) is 20.8 Å². The fourth-order valence-electron chi connectivity index (χ4n) is 2.67. The van der Waals surface area contributed by atoms with Gasteiger partial charge in [0.25, 0.3) is 5.56 Å². The fraction of sp³-hybridized carbons (Fsp3) is 0.429. The number of aromatic amines is 1. The van der Waals surface area contributed by atoms with Gasteiger partial charge in [0.05, 0.1) is 11.8 Å². The van der Waals surface area contributed by atoms with Crippen LogP contribution in [0.5, 0.6) is 0 Å². The summed E-state index contributed by atoms with van der Waals surface area (Å²) in [5.74, 6) is -2.45. The Hall–Kier alpha value is -1.87. The third-order valence-electron chi connectivity index (χ3n) is 3.69. The fourth-order valence-corrected chi connectivity index (χ4v) is 4.88. The number of carboxylic acid groups (broad SMARTS) is 2. The Kier molecular flexibility index (Phi) is 4.40. The van der Waals surface area contributed by atoms with Gasteiger partial charge in [0.2, 0.25) is 0 Å². The number of carboxylic acids is 2. The topological polar surface area (TPSA) is 120 Å². The molecule has 1 aliphatic rings. The lowest BCUT2D eigenvalue weighted by Gasteiger charge is -2.10. The van der Waals surface area contributed by atoms with Gasteiger partial charge in [0.15, 0.2) is 5.16 Å². The molecule has 122 valence electrons. The summed E-state index contributed by atoms with van der Waals surface area (Å²) in [5.41, 5.74) is 0.776. The second kappa shape index (κ2) is 6.32. The number of thiophene rings is 1. The first kappa shape index (κ1) is 16.0. The molecule has 2 heterocycles. The van der Waals surface area contributed by atoms with Crippen molar-refractivity contribution in [1.82, 2.24) is 9.97 Å². The van der Waals surface area contributed by atoms with Crippen LogP contribution in [0.25, 0.3) is 10.2 Å². The molecule has 1 atom stereocenters. The van der Waals surface area contributed by atoms with E-state index in [0.29, 0.717) is 10.2 Å². The van der Waals surface area contributed by atoms with Crippen LogP contribution in [0.2, 0.25) is 0 Å². The number of aryl methyl sites for hydroxylation is 2. The number of nitrogens with one attached hydrogen (secondary N) is 1. The molecule has 0 aromatic carbocycles. The van der Waals surface area contributed by atoms with Crippen molar-refractivity contribution in [3.63, 3.8) is 0 Å². The first-order valence-corrected chi connectivity index (χ1v) is 8.81. The van der Waals surface area contributed by atoms with Gasteiger partial charge in [-0.15, -0.1) is 11.3 Å². The summed E-state index contributed by atoms with van der Waals surface area (Å²) < 4.78 is 0. The van der Waals surface area contributed by atoms with Gasteiger partial charge < -0.3 is 15.2 Å². The van der Waals surface area contributed by atoms with E-state index >= 15 is 0 Å². The lowest BCUT2D eigenvalue weighted by atomic mass is 9.97. The summed E-state index contributed by atoms with van der Waals surface area (Å²) in [6.07, 6.45) is 3.41. The summed E-state index contributed by atoms with van der Waals surface area (Å²) in [7, 11) is 0. The molecule has 9 heteroatoms. The Morgan fingerprint density at radius 1 is 1.30 bits per heavy atom. The zero-order valence-corrected chi connectivity index (χ0v) is 13.6. The second-order valence-corrected chi connectivity index (χ2v) is 7.58. The van der Waals surface area contributed by atoms with Crippen LogP contribution in [0.1, 0.15) is 29.7 Å². The molecule has 0 saturated heterocycles. The first-order chi connectivity index (χ1) is 11.0. The number of rotatable bonds is 5. The Balaban J connectivity index is 1.98. The molecule has 0 radical (unpaired) electrons. The highest BCUT2D eigenvalue weighted by Gasteiger charge is 2.25. The van der Waals surface area contributed by atoms with E-state index in [1.807, 2.05) is 0 Å². The smallest absolute Gasteiger partial charge is 0.317 e. The highest BCUT2D eigenvalue weighted by atomic mass is 32.2. The molecule has 0 bridgehead atoms. The third kappa shape index (κ3) is 3.25. The molecule has 7 nitrogen and oxygen atoms in total. The van der Waals surface area contributed by atoms with Crippen molar-refractivity contribution in [1.29, 1.82) is 0 Å². The second-order valence-electron chi connectivity index (χ2n) is 5.30. The average molecular weight is 354 g/mol. The van der Waals surface area contributed by atoms with Gasteiger partial charge in [0.1, 0.15) is 10.1 Å². The summed E-state index contributed by atoms with van der Waals surface area (Å²) in [5, 5.41) is 17.4. The molecule has 0 aliphatic heterocycles. The molecule has 1 aliphatic carbocycles. The first-order valence-electron chi connectivity index (χ1n) is 7.11. The van der Waals surface area contributed by atoms with E-state index in [1.54, 1.807) is 0 Å². The SMILES string of the molecule is O=C(O)C[C@@H](Sc1nc2sc3c(c2c(=O)[nH]1)CCCC3)C(=O)O. The van der Waals surface area contributed by atoms with E-state index < -0.39 is 23.6 Å². The number of nitrogens with zero attached hydrogens (tertiary/aromatic N) is 1. The van der Waals surface area contributed by atoms with Gasteiger partial charge in [-0.2, -0.15) is 0 Å². The summed E-state index contributed by atoms with van der Waals surface area (Å²) in [4.78, 5) is 42.9. The Morgan fingerprint density at radius 3 is 2.74 bits per heavy atom. The molecule has 0 saturated carbocycles. The molecule has 3 N–H and O–H groups in total. The summed E-state index contributed by atoms with van der Waals surface area (Å²) in [6, 6.07) is 0. The number of carbonyl (C=O) groups is 2. The number of fused-ring (bicyclic) bond motifs is 3. The van der Waals surface area contributed by atoms with Crippen LogP contribution >= 0.6 is 23.1 Å². The van der Waals surface area contributed by atoms with Crippen molar-refractivity contribution in [2.45, 2.75) is 42.5 Å². The van der Waals surface area contributed by atoms with Crippen LogP contribution in [0.4, 0.5) is 0 Å². The molecule has 0 amide bonds. The minimum Gasteiger partial charge on any atom is -0.481 e. The minimum atomic E-state index is -1.24. The number of aromatic nitrogens is 2. The molecule has 0 spiro atoms. The van der Waals surface area contributed by atoms with E-state index in [-0.39, 0.29) is 10.7 Å². The Morgan fingerprint density at radius 2 is 2.04 bits per heavy atom. The lowest BCUT2D eigenvalue weighted by molar-refractivity contribution is -0.142. The highest BCUT2D eigenvalue weighted by Crippen LogP contribution is 2.34. The minimum absolute atomic E-state index is 0.148. The van der Waals surface area contributed by atoms with Gasteiger partial charge in [-0.05, 0) is 31.2 Å². The molecule has 2 aromatic rings. The number of hydrogen-bond acceptors (Lipinski definition) is 6. The van der Waals surface area contributed by atoms with Crippen molar-refractivity contribution in [2.24, 2.45) is 0 Å². The predicted molar refractivity (Wildman–Crippen MR) is 86.4 cm³/mol. The molecule has 2 aromatic heterocycles. The maximum Gasteiger partial charge on any atom is 0.317 e. The van der Waals surface area contributed by atoms with Crippen LogP contribution in [0.3, 0.4) is 0 Å². The van der Waals surface area contributed by atoms with E-state index in [1.165, 1.54) is 16.2 Å². The maximum absolute atomic E-state index is 12.3. The van der Waals surface area contributed by atoms with Crippen LogP contribution in [0, 0.1) is 0 Å². The lowest BCUT2D eigenvalue weighted by Crippen LogP contribution is -2.21. The van der Waals surface area contributed by atoms with E-state index in [9.17, 15) is 14.4 Å². The molecule has 3 rings (SSSR count). The molecule has 0 fully saturated rings. The number of hydrogen-bond donors (Lipinski definition) is 3. The summed E-state index contributed by atoms with van der Waals surface area (Å²) >= 11 is 2.23. The number of H-pyrrole nitrogens is 1. The quantitative estimate of drug-likeness (QED) is 0.554. The van der Waals surface area contributed by atoms with Crippen LogP contribution < -0.4 is 5.56 Å². The van der Waals surface area contributed by atoms with Crippen molar-refractivity contribution >= 4 is 45.3 Å². The summed E-state index contributed by atoms with van der Waals surface area (Å²) in [6.45, 7) is 0. The standard InChI is InChI=1S/C14H14N2O5S2/c17-9(18)5-8(13(20)21)23-14-15-11(19)10-6-3-1-2-4-7(6)22-12(10)16-14/h8H,1-5H2,(H,17,18)(H,20,21)(H,15,16,19)/t8-/m1/s1. The van der Waals surface area contributed by atoms with Gasteiger partial charge in [0, 0.05) is 4.88 Å². The van der Waals surface area contributed by atoms with E-state index in [4.69, 9.17) is 10.2 Å². The van der Waals surface area contributed by atoms with Gasteiger partial charge in [-0.25, -0.2) is 4.98 Å². The van der Waals surface area contributed by atoms with Gasteiger partial charge >= 0.3 is 11.9 Å². The molecule has 23 heavy (non-hydrogen) atoms. The highest BCUT2D eigenvalue weighted by molar-refractivity contribution is 8.00. The third-order valence-corrected chi connectivity index (χ3v) is 5.95. The molecular weight excluding hydrogens is 340 g/mol. The number of thioether (sulfide) groups is 1. The van der Waals surface area contributed by atoms with Crippen molar-refractivity contribution in [3.8, 4) is 0 Å². The average Bonchev–Trinajstić information content (AvgIpc) is 2.84. The normalized spacial score (nSPS) is 15.3. The van der Waals surface area contributed by atoms with E-state index in [0.717, 1.165) is 43.0 Å². The van der Waals surface area contributed by atoms with Crippen LogP contribution in [0.15, 0.2) is 9.95 Å². The Bertz CT molecular complexity index is 842. The largest absolute Gasteiger partial charge is 0.481 e. The van der Waals surface area contributed by atoms with Crippen LogP contribution in [-0.4, -0.2) is 37.4 Å². The van der Waals surface area contributed by atoms with Crippen molar-refractivity contribution in [2.75, 3.05) is 0 Å². The van der Waals surface area contributed by atoms with Crippen molar-refractivity contribution < 1.29 is 19.8 Å².